The predicted molar refractivity (Wildman–Crippen MR) is 83.9 cm³/mol. The first-order valence-corrected chi connectivity index (χ1v) is 8.23. The Morgan fingerprint density at radius 2 is 1.96 bits per heavy atom. The third-order valence-corrected chi connectivity index (χ3v) is 4.57. The fraction of sp³-hybridized carbons (Fsp3) is 0.588. The Morgan fingerprint density at radius 1 is 1.25 bits per heavy atom. The number of piperidine rings is 1. The van der Waals surface area contributed by atoms with Crippen molar-refractivity contribution in [2.75, 3.05) is 11.9 Å². The number of nitrogens with one attached hydrogen (secondary N) is 2. The lowest BCUT2D eigenvalue weighted by Crippen LogP contribution is -2.39. The fourth-order valence-electron chi connectivity index (χ4n) is 3.64. The van der Waals surface area contributed by atoms with E-state index in [-0.39, 0.29) is 11.7 Å². The van der Waals surface area contributed by atoms with Crippen LogP contribution in [-0.2, 0) is 4.79 Å². The maximum atomic E-state index is 12.2. The van der Waals surface area contributed by atoms with E-state index >= 15 is 0 Å². The molecule has 0 spiro atoms. The van der Waals surface area contributed by atoms with Crippen molar-refractivity contribution < 1.29 is 22.7 Å². The Labute approximate surface area is 138 Å². The molecular formula is C17H21F3N2O2. The highest BCUT2D eigenvalue weighted by Crippen LogP contribution is 2.33. The fourth-order valence-corrected chi connectivity index (χ4v) is 3.64. The van der Waals surface area contributed by atoms with Crippen molar-refractivity contribution in [1.82, 2.24) is 5.32 Å². The van der Waals surface area contributed by atoms with Crippen LogP contribution in [0.15, 0.2) is 24.3 Å². The zero-order chi connectivity index (χ0) is 17.2. The number of carbonyl (C=O) groups is 1. The highest BCUT2D eigenvalue weighted by atomic mass is 19.4. The Bertz CT molecular complexity index is 579. The molecule has 2 bridgehead atoms. The van der Waals surface area contributed by atoms with Gasteiger partial charge in [0.15, 0.2) is 6.61 Å². The molecule has 1 amide bonds. The molecule has 2 unspecified atom stereocenters. The second kappa shape index (κ2) is 7.01. The van der Waals surface area contributed by atoms with E-state index in [1.165, 1.54) is 25.0 Å². The van der Waals surface area contributed by atoms with Crippen molar-refractivity contribution >= 4 is 11.6 Å². The van der Waals surface area contributed by atoms with Gasteiger partial charge in [0, 0.05) is 30.3 Å². The second-order valence-corrected chi connectivity index (χ2v) is 6.66. The molecule has 24 heavy (non-hydrogen) atoms. The SMILES string of the molecule is O=C(CC1CC2CCC(C1)N2)Nc1cccc(OCC(F)(F)F)c1. The summed E-state index contributed by atoms with van der Waals surface area (Å²) in [6, 6.07) is 7.11. The number of halogens is 3. The molecule has 0 saturated carbocycles. The Kier molecular flexibility index (Phi) is 4.99. The van der Waals surface area contributed by atoms with Gasteiger partial charge < -0.3 is 15.4 Å². The molecule has 4 nitrogen and oxygen atoms in total. The largest absolute Gasteiger partial charge is 0.484 e. The number of carbonyl (C=O) groups excluding carboxylic acids is 1. The van der Waals surface area contributed by atoms with Crippen LogP contribution in [-0.4, -0.2) is 30.8 Å². The summed E-state index contributed by atoms with van der Waals surface area (Å²) in [6.07, 6.45) is 0.454. The van der Waals surface area contributed by atoms with E-state index in [0.717, 1.165) is 12.8 Å². The quantitative estimate of drug-likeness (QED) is 0.861. The molecule has 2 saturated heterocycles. The van der Waals surface area contributed by atoms with Gasteiger partial charge in [0.1, 0.15) is 5.75 Å². The Hall–Kier alpha value is -1.76. The predicted octanol–water partition coefficient (Wildman–Crippen LogP) is 3.49. The summed E-state index contributed by atoms with van der Waals surface area (Å²) in [6.45, 7) is -1.34. The van der Waals surface area contributed by atoms with Crippen LogP contribution in [0.3, 0.4) is 0 Å². The molecule has 3 rings (SSSR count). The zero-order valence-corrected chi connectivity index (χ0v) is 13.2. The number of hydrogen-bond donors (Lipinski definition) is 2. The van der Waals surface area contributed by atoms with Crippen molar-refractivity contribution in [3.05, 3.63) is 24.3 Å². The molecule has 1 aromatic rings. The minimum absolute atomic E-state index is 0.0880. The van der Waals surface area contributed by atoms with Gasteiger partial charge in [0.2, 0.25) is 5.91 Å². The molecule has 2 atom stereocenters. The van der Waals surface area contributed by atoms with E-state index in [2.05, 4.69) is 10.6 Å². The minimum atomic E-state index is -4.38. The van der Waals surface area contributed by atoms with E-state index in [1.807, 2.05) is 0 Å². The van der Waals surface area contributed by atoms with Crippen molar-refractivity contribution in [2.45, 2.75) is 50.4 Å². The second-order valence-electron chi connectivity index (χ2n) is 6.66. The van der Waals surface area contributed by atoms with E-state index in [4.69, 9.17) is 4.74 Å². The molecule has 132 valence electrons. The Morgan fingerprint density at radius 3 is 2.62 bits per heavy atom. The van der Waals surface area contributed by atoms with E-state index in [0.29, 0.717) is 30.1 Å². The summed E-state index contributed by atoms with van der Waals surface area (Å²) < 4.78 is 41.2. The molecule has 1 aromatic carbocycles. The molecule has 2 aliphatic rings. The number of ether oxygens (including phenoxy) is 1. The molecule has 0 aromatic heterocycles. The van der Waals surface area contributed by atoms with Crippen molar-refractivity contribution in [3.8, 4) is 5.75 Å². The van der Waals surface area contributed by atoms with Crippen LogP contribution in [0.25, 0.3) is 0 Å². The van der Waals surface area contributed by atoms with Crippen LogP contribution in [0.1, 0.15) is 32.1 Å². The summed E-state index contributed by atoms with van der Waals surface area (Å²) in [7, 11) is 0. The molecule has 2 fully saturated rings. The number of rotatable bonds is 5. The normalized spacial score (nSPS) is 26.2. The lowest BCUT2D eigenvalue weighted by atomic mass is 9.89. The van der Waals surface area contributed by atoms with Crippen molar-refractivity contribution in [3.63, 3.8) is 0 Å². The van der Waals surface area contributed by atoms with Gasteiger partial charge in [-0.1, -0.05) is 6.07 Å². The average Bonchev–Trinajstić information content (AvgIpc) is 2.84. The number of hydrogen-bond acceptors (Lipinski definition) is 3. The topological polar surface area (TPSA) is 50.4 Å². The van der Waals surface area contributed by atoms with Gasteiger partial charge in [-0.25, -0.2) is 0 Å². The highest BCUT2D eigenvalue weighted by molar-refractivity contribution is 5.91. The first-order chi connectivity index (χ1) is 11.4. The van der Waals surface area contributed by atoms with E-state index < -0.39 is 12.8 Å². The highest BCUT2D eigenvalue weighted by Gasteiger charge is 2.34. The summed E-state index contributed by atoms with van der Waals surface area (Å²) in [5.74, 6) is 0.354. The Balaban J connectivity index is 1.51. The first kappa shape index (κ1) is 17.1. The van der Waals surface area contributed by atoms with Crippen LogP contribution in [0.4, 0.5) is 18.9 Å². The van der Waals surface area contributed by atoms with Crippen LogP contribution in [0.2, 0.25) is 0 Å². The maximum absolute atomic E-state index is 12.2. The van der Waals surface area contributed by atoms with Gasteiger partial charge in [-0.3, -0.25) is 4.79 Å². The van der Waals surface area contributed by atoms with Gasteiger partial charge in [-0.05, 0) is 43.7 Å². The van der Waals surface area contributed by atoms with Crippen LogP contribution in [0, 0.1) is 5.92 Å². The summed E-state index contributed by atoms with van der Waals surface area (Å²) in [5.41, 5.74) is 0.455. The standard InChI is InChI=1S/C17H21F3N2O2/c18-17(19,20)10-24-15-3-1-2-12(9-15)22-16(23)8-11-6-13-4-5-14(7-11)21-13/h1-3,9,11,13-14,21H,4-8,10H2,(H,22,23). The monoisotopic (exact) mass is 342 g/mol. The van der Waals surface area contributed by atoms with Crippen LogP contribution < -0.4 is 15.4 Å². The van der Waals surface area contributed by atoms with Crippen LogP contribution >= 0.6 is 0 Å². The number of fused-ring (bicyclic) bond motifs is 2. The molecule has 0 radical (unpaired) electrons. The summed E-state index contributed by atoms with van der Waals surface area (Å²) in [4.78, 5) is 12.2. The maximum Gasteiger partial charge on any atom is 0.422 e. The molecule has 2 aliphatic heterocycles. The average molecular weight is 342 g/mol. The molecular weight excluding hydrogens is 321 g/mol. The number of amides is 1. The van der Waals surface area contributed by atoms with E-state index in [9.17, 15) is 18.0 Å². The molecule has 0 aliphatic carbocycles. The number of benzene rings is 1. The van der Waals surface area contributed by atoms with Gasteiger partial charge in [-0.15, -0.1) is 0 Å². The molecule has 2 N–H and O–H groups in total. The summed E-state index contributed by atoms with van der Waals surface area (Å²) in [5, 5.41) is 6.29. The third-order valence-electron chi connectivity index (χ3n) is 4.57. The van der Waals surface area contributed by atoms with E-state index in [1.54, 1.807) is 12.1 Å². The minimum Gasteiger partial charge on any atom is -0.484 e. The lowest BCUT2D eigenvalue weighted by molar-refractivity contribution is -0.153. The lowest BCUT2D eigenvalue weighted by Gasteiger charge is -2.28. The third kappa shape index (κ3) is 4.87. The van der Waals surface area contributed by atoms with Gasteiger partial charge in [0.05, 0.1) is 0 Å². The van der Waals surface area contributed by atoms with Gasteiger partial charge in [-0.2, -0.15) is 13.2 Å². The smallest absolute Gasteiger partial charge is 0.422 e. The van der Waals surface area contributed by atoms with Crippen LogP contribution in [0.5, 0.6) is 5.75 Å². The van der Waals surface area contributed by atoms with Gasteiger partial charge >= 0.3 is 6.18 Å². The van der Waals surface area contributed by atoms with Crippen molar-refractivity contribution in [1.29, 1.82) is 0 Å². The number of anilines is 1. The molecule has 2 heterocycles. The summed E-state index contributed by atoms with van der Waals surface area (Å²) >= 11 is 0. The van der Waals surface area contributed by atoms with Gasteiger partial charge in [0.25, 0.3) is 0 Å². The number of alkyl halides is 3. The molecule has 7 heteroatoms. The zero-order valence-electron chi connectivity index (χ0n) is 13.2. The first-order valence-electron chi connectivity index (χ1n) is 8.23. The van der Waals surface area contributed by atoms with Crippen molar-refractivity contribution in [2.24, 2.45) is 5.92 Å².